The lowest BCUT2D eigenvalue weighted by atomic mass is 9.91. The molecule has 2 heterocycles. The second kappa shape index (κ2) is 4.49. The number of hydrogen-bond acceptors (Lipinski definition) is 5. The summed E-state index contributed by atoms with van der Waals surface area (Å²) in [6.45, 7) is 5.58. The first-order valence-corrected chi connectivity index (χ1v) is 5.93. The second-order valence-electron chi connectivity index (χ2n) is 4.37. The maximum Gasteiger partial charge on any atom is 0.298 e. The summed E-state index contributed by atoms with van der Waals surface area (Å²) in [6.07, 6.45) is 2.38. The van der Waals surface area contributed by atoms with E-state index in [-0.39, 0.29) is 5.60 Å². The molecule has 1 aliphatic heterocycles. The number of ether oxygens (including phenoxy) is 1. The Hall–Kier alpha value is -1.36. The van der Waals surface area contributed by atoms with Gasteiger partial charge in [0, 0.05) is 13.5 Å². The third-order valence-electron chi connectivity index (χ3n) is 3.45. The number of aryl methyl sites for hydroxylation is 1. The summed E-state index contributed by atoms with van der Waals surface area (Å²) in [6, 6.07) is 0.532. The molecule has 2 rings (SSSR count). The van der Waals surface area contributed by atoms with E-state index in [2.05, 4.69) is 11.9 Å². The zero-order chi connectivity index (χ0) is 12.5. The lowest BCUT2D eigenvalue weighted by molar-refractivity contribution is -0.0379. The Balaban J connectivity index is 2.11. The van der Waals surface area contributed by atoms with Crippen LogP contribution < -0.4 is 4.90 Å². The molecule has 0 atom stereocenters. The summed E-state index contributed by atoms with van der Waals surface area (Å²) < 4.78 is 11.1. The molecule has 1 aromatic rings. The summed E-state index contributed by atoms with van der Waals surface area (Å²) in [5, 5.41) is 0. The van der Waals surface area contributed by atoms with Crippen molar-refractivity contribution >= 4 is 12.3 Å². The van der Waals surface area contributed by atoms with E-state index in [4.69, 9.17) is 9.15 Å². The lowest BCUT2D eigenvalue weighted by Gasteiger charge is -2.47. The fraction of sp³-hybridized carbons (Fsp3) is 0.667. The summed E-state index contributed by atoms with van der Waals surface area (Å²) in [5.41, 5.74) is 0.330. The van der Waals surface area contributed by atoms with Crippen molar-refractivity contribution in [1.29, 1.82) is 0 Å². The summed E-state index contributed by atoms with van der Waals surface area (Å²) in [7, 11) is 1.73. The summed E-state index contributed by atoms with van der Waals surface area (Å²) in [5.74, 6) is 0.654. The quantitative estimate of drug-likeness (QED) is 0.730. The molecule has 5 nitrogen and oxygen atoms in total. The first kappa shape index (κ1) is 12.1. The van der Waals surface area contributed by atoms with Gasteiger partial charge in [-0.25, -0.2) is 0 Å². The average Bonchev–Trinajstić information content (AvgIpc) is 2.72. The van der Waals surface area contributed by atoms with Gasteiger partial charge in [0.2, 0.25) is 0 Å². The fourth-order valence-corrected chi connectivity index (χ4v) is 2.11. The molecule has 5 heteroatoms. The van der Waals surface area contributed by atoms with Gasteiger partial charge in [-0.15, -0.1) is 0 Å². The van der Waals surface area contributed by atoms with Crippen LogP contribution in [0.5, 0.6) is 0 Å². The first-order chi connectivity index (χ1) is 8.18. The molecule has 0 amide bonds. The topological polar surface area (TPSA) is 55.6 Å². The van der Waals surface area contributed by atoms with Crippen LogP contribution in [0.15, 0.2) is 4.42 Å². The number of anilines is 1. The first-order valence-electron chi connectivity index (χ1n) is 5.93. The highest BCUT2D eigenvalue weighted by Gasteiger charge is 2.43. The molecular weight excluding hydrogens is 220 g/mol. The van der Waals surface area contributed by atoms with E-state index in [1.165, 1.54) is 0 Å². The van der Waals surface area contributed by atoms with E-state index in [1.54, 1.807) is 7.11 Å². The number of oxazole rings is 1. The monoisotopic (exact) mass is 238 g/mol. The SMILES string of the molecule is CCc1oc(N2CC(CC)(OC)C2)nc1C=O. The van der Waals surface area contributed by atoms with Crippen molar-refractivity contribution in [3.63, 3.8) is 0 Å². The second-order valence-corrected chi connectivity index (χ2v) is 4.37. The average molecular weight is 238 g/mol. The van der Waals surface area contributed by atoms with Gasteiger partial charge in [0.05, 0.1) is 13.1 Å². The van der Waals surface area contributed by atoms with E-state index in [1.807, 2.05) is 11.8 Å². The minimum absolute atomic E-state index is 0.0812. The van der Waals surface area contributed by atoms with Crippen molar-refractivity contribution in [3.8, 4) is 0 Å². The number of aldehydes is 1. The van der Waals surface area contributed by atoms with Crippen LogP contribution in [0, 0.1) is 0 Å². The highest BCUT2D eigenvalue weighted by atomic mass is 16.5. The van der Waals surface area contributed by atoms with Crippen LogP contribution >= 0.6 is 0 Å². The van der Waals surface area contributed by atoms with Crippen molar-refractivity contribution in [2.75, 3.05) is 25.1 Å². The number of nitrogens with zero attached hydrogens (tertiary/aromatic N) is 2. The molecule has 1 aliphatic rings. The number of carbonyl (C=O) groups is 1. The van der Waals surface area contributed by atoms with Crippen LogP contribution in [-0.2, 0) is 11.2 Å². The van der Waals surface area contributed by atoms with Crippen molar-refractivity contribution in [2.45, 2.75) is 32.3 Å². The number of carbonyl (C=O) groups excluding carboxylic acids is 1. The van der Waals surface area contributed by atoms with Gasteiger partial charge < -0.3 is 14.1 Å². The Morgan fingerprint density at radius 3 is 2.65 bits per heavy atom. The maximum absolute atomic E-state index is 10.8. The summed E-state index contributed by atoms with van der Waals surface area (Å²) >= 11 is 0. The molecule has 1 saturated heterocycles. The van der Waals surface area contributed by atoms with E-state index in [9.17, 15) is 4.79 Å². The fourth-order valence-electron chi connectivity index (χ4n) is 2.11. The molecular formula is C12H18N2O3. The Morgan fingerprint density at radius 2 is 2.24 bits per heavy atom. The van der Waals surface area contributed by atoms with Gasteiger partial charge in [-0.2, -0.15) is 4.98 Å². The molecule has 0 aliphatic carbocycles. The van der Waals surface area contributed by atoms with E-state index in [0.717, 1.165) is 25.8 Å². The van der Waals surface area contributed by atoms with Crippen molar-refractivity contribution < 1.29 is 13.9 Å². The molecule has 94 valence electrons. The Kier molecular flexibility index (Phi) is 3.19. The predicted octanol–water partition coefficient (Wildman–Crippen LogP) is 1.66. The zero-order valence-electron chi connectivity index (χ0n) is 10.5. The van der Waals surface area contributed by atoms with Crippen molar-refractivity contribution in [1.82, 2.24) is 4.98 Å². The molecule has 0 spiro atoms. The molecule has 1 aromatic heterocycles. The van der Waals surface area contributed by atoms with Crippen LogP contribution in [0.4, 0.5) is 6.01 Å². The van der Waals surface area contributed by atoms with Crippen LogP contribution in [0.25, 0.3) is 0 Å². The third-order valence-corrected chi connectivity index (χ3v) is 3.45. The van der Waals surface area contributed by atoms with Crippen LogP contribution in [0.3, 0.4) is 0 Å². The Bertz CT molecular complexity index is 402. The van der Waals surface area contributed by atoms with Crippen molar-refractivity contribution in [3.05, 3.63) is 11.5 Å². The van der Waals surface area contributed by atoms with Gasteiger partial charge in [0.1, 0.15) is 17.1 Å². The number of rotatable bonds is 5. The molecule has 0 bridgehead atoms. The Morgan fingerprint density at radius 1 is 1.53 bits per heavy atom. The maximum atomic E-state index is 10.8. The standard InChI is InChI=1S/C12H18N2O3/c1-4-10-9(6-15)13-11(17-10)14-7-12(5-2,8-14)16-3/h6H,4-5,7-8H2,1-3H3. The van der Waals surface area contributed by atoms with Gasteiger partial charge >= 0.3 is 0 Å². The molecule has 1 fully saturated rings. The minimum Gasteiger partial charge on any atom is -0.428 e. The van der Waals surface area contributed by atoms with Gasteiger partial charge in [0.25, 0.3) is 6.01 Å². The Labute approximate surface area is 101 Å². The van der Waals surface area contributed by atoms with Crippen LogP contribution in [0.1, 0.15) is 36.5 Å². The zero-order valence-corrected chi connectivity index (χ0v) is 10.5. The lowest BCUT2D eigenvalue weighted by Crippen LogP contribution is -2.62. The highest BCUT2D eigenvalue weighted by molar-refractivity contribution is 5.74. The van der Waals surface area contributed by atoms with Crippen LogP contribution in [0.2, 0.25) is 0 Å². The predicted molar refractivity (Wildman–Crippen MR) is 63.5 cm³/mol. The van der Waals surface area contributed by atoms with Gasteiger partial charge in [-0.1, -0.05) is 13.8 Å². The summed E-state index contributed by atoms with van der Waals surface area (Å²) in [4.78, 5) is 17.0. The number of hydrogen-bond donors (Lipinski definition) is 0. The van der Waals surface area contributed by atoms with E-state index in [0.29, 0.717) is 23.9 Å². The molecule has 0 unspecified atom stereocenters. The van der Waals surface area contributed by atoms with Crippen LogP contribution in [-0.4, -0.2) is 37.1 Å². The van der Waals surface area contributed by atoms with Gasteiger partial charge in [0.15, 0.2) is 6.29 Å². The molecule has 0 radical (unpaired) electrons. The normalized spacial score (nSPS) is 17.9. The third kappa shape index (κ3) is 1.95. The highest BCUT2D eigenvalue weighted by Crippen LogP contribution is 2.32. The molecule has 17 heavy (non-hydrogen) atoms. The van der Waals surface area contributed by atoms with E-state index < -0.39 is 0 Å². The van der Waals surface area contributed by atoms with Gasteiger partial charge in [-0.05, 0) is 6.42 Å². The smallest absolute Gasteiger partial charge is 0.298 e. The number of aromatic nitrogens is 1. The van der Waals surface area contributed by atoms with E-state index >= 15 is 0 Å². The minimum atomic E-state index is -0.0812. The van der Waals surface area contributed by atoms with Gasteiger partial charge in [-0.3, -0.25) is 4.79 Å². The molecule has 0 saturated carbocycles. The largest absolute Gasteiger partial charge is 0.428 e. The number of methoxy groups -OCH3 is 1. The molecule has 0 N–H and O–H groups in total. The molecule has 0 aromatic carbocycles. The van der Waals surface area contributed by atoms with Crippen molar-refractivity contribution in [2.24, 2.45) is 0 Å².